The number of nitrogens with one attached hydrogen (secondary N) is 1. The molecule has 1 aliphatic rings. The third-order valence-electron chi connectivity index (χ3n) is 5.65. The summed E-state index contributed by atoms with van der Waals surface area (Å²) in [6.45, 7) is 6.88. The van der Waals surface area contributed by atoms with Crippen molar-refractivity contribution in [1.82, 2.24) is 0 Å². The van der Waals surface area contributed by atoms with Gasteiger partial charge in [-0.2, -0.15) is 0 Å². The average Bonchev–Trinajstić information content (AvgIpc) is 3.34. The van der Waals surface area contributed by atoms with Crippen molar-refractivity contribution in [2.75, 3.05) is 5.32 Å². The standard InChI is InChI=1S/C24H25ClN2O2S/c1-24(2,3)15-6-11-19-20(13-15)30-23(26-14-18-5-4-12-29-18)21(19)22(28)27-17-9-7-16(25)8-10-17/h4-5,7-10,12,14-15H,6,11,13H2,1-3H3,(H,27,28)/t15-/m0/s1. The van der Waals surface area contributed by atoms with E-state index in [2.05, 4.69) is 31.1 Å². The van der Waals surface area contributed by atoms with Crippen molar-refractivity contribution in [3.63, 3.8) is 0 Å². The van der Waals surface area contributed by atoms with Crippen LogP contribution >= 0.6 is 22.9 Å². The Bertz CT molecular complexity index is 1060. The molecule has 3 aromatic rings. The predicted octanol–water partition coefficient (Wildman–Crippen LogP) is 7.15. The highest BCUT2D eigenvalue weighted by molar-refractivity contribution is 7.16. The quantitative estimate of drug-likeness (QED) is 0.438. The minimum Gasteiger partial charge on any atom is -0.463 e. The maximum absolute atomic E-state index is 13.3. The van der Waals surface area contributed by atoms with E-state index in [1.807, 2.05) is 12.1 Å². The van der Waals surface area contributed by atoms with Crippen LogP contribution in [0, 0.1) is 11.3 Å². The SMILES string of the molecule is CC(C)(C)[C@H]1CCc2c(sc(N=Cc3ccco3)c2C(=O)Nc2ccc(Cl)cc2)C1. The van der Waals surface area contributed by atoms with Crippen LogP contribution in [0.15, 0.2) is 52.1 Å². The van der Waals surface area contributed by atoms with Gasteiger partial charge in [0.2, 0.25) is 0 Å². The summed E-state index contributed by atoms with van der Waals surface area (Å²) in [5.74, 6) is 1.13. The molecular formula is C24H25ClN2O2S. The van der Waals surface area contributed by atoms with Crippen LogP contribution in [0.25, 0.3) is 0 Å². The largest absolute Gasteiger partial charge is 0.463 e. The number of amides is 1. The Morgan fingerprint density at radius 1 is 1.27 bits per heavy atom. The Labute approximate surface area is 186 Å². The van der Waals surface area contributed by atoms with Crippen molar-refractivity contribution >= 4 is 45.7 Å². The second-order valence-corrected chi connectivity index (χ2v) is 10.2. The number of benzene rings is 1. The first-order valence-corrected chi connectivity index (χ1v) is 11.3. The Balaban J connectivity index is 1.68. The monoisotopic (exact) mass is 440 g/mol. The van der Waals surface area contributed by atoms with E-state index in [0.29, 0.717) is 28.0 Å². The van der Waals surface area contributed by atoms with Gasteiger partial charge in [0.15, 0.2) is 0 Å². The Hall–Kier alpha value is -2.37. The topological polar surface area (TPSA) is 54.6 Å². The fourth-order valence-corrected chi connectivity index (χ4v) is 5.24. The van der Waals surface area contributed by atoms with Gasteiger partial charge in [0.1, 0.15) is 10.8 Å². The van der Waals surface area contributed by atoms with Crippen molar-refractivity contribution in [1.29, 1.82) is 0 Å². The van der Waals surface area contributed by atoms with Gasteiger partial charge in [-0.25, -0.2) is 4.99 Å². The van der Waals surface area contributed by atoms with Crippen LogP contribution in [0.5, 0.6) is 0 Å². The van der Waals surface area contributed by atoms with Crippen molar-refractivity contribution in [3.05, 3.63) is 69.4 Å². The molecule has 0 fully saturated rings. The molecule has 6 heteroatoms. The van der Waals surface area contributed by atoms with Gasteiger partial charge in [0, 0.05) is 15.6 Å². The average molecular weight is 441 g/mol. The molecule has 0 aliphatic heterocycles. The zero-order chi connectivity index (χ0) is 21.3. The molecule has 30 heavy (non-hydrogen) atoms. The second-order valence-electron chi connectivity index (χ2n) is 8.72. The molecule has 0 unspecified atom stereocenters. The molecule has 156 valence electrons. The maximum atomic E-state index is 13.3. The van der Waals surface area contributed by atoms with E-state index in [1.54, 1.807) is 48.1 Å². The summed E-state index contributed by atoms with van der Waals surface area (Å²) in [7, 11) is 0. The summed E-state index contributed by atoms with van der Waals surface area (Å²) in [6.07, 6.45) is 6.25. The highest BCUT2D eigenvalue weighted by Gasteiger charge is 2.33. The van der Waals surface area contributed by atoms with E-state index in [0.717, 1.165) is 29.8 Å². The minimum atomic E-state index is -0.129. The van der Waals surface area contributed by atoms with Crippen LogP contribution in [0.2, 0.25) is 5.02 Å². The van der Waals surface area contributed by atoms with Crippen molar-refractivity contribution in [2.45, 2.75) is 40.0 Å². The molecule has 1 aliphatic carbocycles. The van der Waals surface area contributed by atoms with Gasteiger partial charge >= 0.3 is 0 Å². The van der Waals surface area contributed by atoms with E-state index in [4.69, 9.17) is 16.0 Å². The number of hydrogen-bond donors (Lipinski definition) is 1. The molecule has 0 saturated heterocycles. The molecule has 0 spiro atoms. The van der Waals surface area contributed by atoms with Gasteiger partial charge in [-0.05, 0) is 72.6 Å². The van der Waals surface area contributed by atoms with Crippen molar-refractivity contribution < 1.29 is 9.21 Å². The zero-order valence-corrected chi connectivity index (χ0v) is 18.9. The summed E-state index contributed by atoms with van der Waals surface area (Å²) in [5.41, 5.74) is 2.78. The number of carbonyl (C=O) groups excluding carboxylic acids is 1. The van der Waals surface area contributed by atoms with Crippen molar-refractivity contribution in [2.24, 2.45) is 16.3 Å². The fourth-order valence-electron chi connectivity index (χ4n) is 3.85. The summed E-state index contributed by atoms with van der Waals surface area (Å²) in [5, 5.41) is 4.38. The molecule has 4 nitrogen and oxygen atoms in total. The summed E-state index contributed by atoms with van der Waals surface area (Å²) in [4.78, 5) is 19.2. The summed E-state index contributed by atoms with van der Waals surface area (Å²) < 4.78 is 5.37. The van der Waals surface area contributed by atoms with Crippen LogP contribution in [-0.2, 0) is 12.8 Å². The third kappa shape index (κ3) is 4.52. The first kappa shape index (κ1) is 20.9. The molecule has 2 aromatic heterocycles. The van der Waals surface area contributed by atoms with Crippen LogP contribution in [0.4, 0.5) is 10.7 Å². The van der Waals surface area contributed by atoms with Crippen LogP contribution in [0.1, 0.15) is 53.8 Å². The number of anilines is 1. The van der Waals surface area contributed by atoms with Crippen LogP contribution in [-0.4, -0.2) is 12.1 Å². The minimum absolute atomic E-state index is 0.129. The predicted molar refractivity (Wildman–Crippen MR) is 125 cm³/mol. The molecule has 1 N–H and O–H groups in total. The molecule has 2 heterocycles. The van der Waals surface area contributed by atoms with Crippen molar-refractivity contribution in [3.8, 4) is 0 Å². The Morgan fingerprint density at radius 3 is 2.70 bits per heavy atom. The molecular weight excluding hydrogens is 416 g/mol. The lowest BCUT2D eigenvalue weighted by Crippen LogP contribution is -2.27. The van der Waals surface area contributed by atoms with E-state index in [-0.39, 0.29) is 11.3 Å². The lowest BCUT2D eigenvalue weighted by Gasteiger charge is -2.33. The molecule has 1 atom stereocenters. The first-order chi connectivity index (χ1) is 14.3. The molecule has 4 rings (SSSR count). The van der Waals surface area contributed by atoms with Gasteiger partial charge in [-0.15, -0.1) is 11.3 Å². The smallest absolute Gasteiger partial charge is 0.259 e. The number of hydrogen-bond acceptors (Lipinski definition) is 4. The molecule has 0 radical (unpaired) electrons. The second kappa shape index (κ2) is 8.40. The zero-order valence-electron chi connectivity index (χ0n) is 17.4. The van der Waals surface area contributed by atoms with Gasteiger partial charge in [0.05, 0.1) is 18.0 Å². The highest BCUT2D eigenvalue weighted by atomic mass is 35.5. The van der Waals surface area contributed by atoms with E-state index >= 15 is 0 Å². The number of furan rings is 1. The van der Waals surface area contributed by atoms with Crippen LogP contribution < -0.4 is 5.32 Å². The number of rotatable bonds is 4. The number of thiophene rings is 1. The molecule has 1 aromatic carbocycles. The number of halogens is 1. The Morgan fingerprint density at radius 2 is 2.03 bits per heavy atom. The van der Waals surface area contributed by atoms with Gasteiger partial charge in [-0.1, -0.05) is 32.4 Å². The lowest BCUT2D eigenvalue weighted by molar-refractivity contribution is 0.102. The fraction of sp³-hybridized carbons (Fsp3) is 0.333. The maximum Gasteiger partial charge on any atom is 0.259 e. The van der Waals surface area contributed by atoms with Gasteiger partial charge in [-0.3, -0.25) is 4.79 Å². The first-order valence-electron chi connectivity index (χ1n) is 10.1. The highest BCUT2D eigenvalue weighted by Crippen LogP contribution is 2.45. The molecule has 1 amide bonds. The summed E-state index contributed by atoms with van der Waals surface area (Å²) in [6, 6.07) is 10.8. The van der Waals surface area contributed by atoms with Crippen LogP contribution in [0.3, 0.4) is 0 Å². The van der Waals surface area contributed by atoms with E-state index < -0.39 is 0 Å². The summed E-state index contributed by atoms with van der Waals surface area (Å²) >= 11 is 7.59. The molecule has 0 saturated carbocycles. The normalized spacial score (nSPS) is 16.6. The Kier molecular flexibility index (Phi) is 5.85. The van der Waals surface area contributed by atoms with Gasteiger partial charge in [0.25, 0.3) is 5.91 Å². The number of aliphatic imine (C=N–C) groups is 1. The number of nitrogens with zero attached hydrogens (tertiary/aromatic N) is 1. The number of carbonyl (C=O) groups is 1. The third-order valence-corrected chi connectivity index (χ3v) is 7.07. The van der Waals surface area contributed by atoms with E-state index in [9.17, 15) is 4.79 Å². The molecule has 0 bridgehead atoms. The number of fused-ring (bicyclic) bond motifs is 1. The van der Waals surface area contributed by atoms with E-state index in [1.165, 1.54) is 4.88 Å². The lowest BCUT2D eigenvalue weighted by atomic mass is 9.72. The van der Waals surface area contributed by atoms with Gasteiger partial charge < -0.3 is 9.73 Å².